The number of carbonyl (C=O) groups excluding carboxylic acids is 2. The molecule has 120 valence electrons. The number of halogens is 1. The van der Waals surface area contributed by atoms with Crippen molar-refractivity contribution in [3.63, 3.8) is 0 Å². The maximum absolute atomic E-state index is 14.0. The van der Waals surface area contributed by atoms with E-state index in [1.807, 2.05) is 31.2 Å². The van der Waals surface area contributed by atoms with Crippen LogP contribution in [0, 0.1) is 12.7 Å². The van der Waals surface area contributed by atoms with Crippen molar-refractivity contribution in [2.75, 3.05) is 11.1 Å². The molecule has 0 heterocycles. The number of Topliss-reactive ketones (excluding diaryl/α,β-unsaturated/α-hetero) is 1. The van der Waals surface area contributed by atoms with Gasteiger partial charge in [0.15, 0.2) is 5.78 Å². The summed E-state index contributed by atoms with van der Waals surface area (Å²) in [5.74, 6) is -0.222. The Kier molecular flexibility index (Phi) is 5.93. The fourth-order valence-corrected chi connectivity index (χ4v) is 3.11. The fraction of sp³-hybridized carbons (Fsp3) is 0.222. The molecule has 0 unspecified atom stereocenters. The van der Waals surface area contributed by atoms with E-state index in [-0.39, 0.29) is 23.0 Å². The first-order valence-corrected chi connectivity index (χ1v) is 8.35. The molecule has 2 aromatic rings. The van der Waals surface area contributed by atoms with E-state index in [0.29, 0.717) is 11.4 Å². The molecule has 0 atom stereocenters. The molecule has 0 saturated carbocycles. The van der Waals surface area contributed by atoms with Gasteiger partial charge in [-0.2, -0.15) is 0 Å². The predicted molar refractivity (Wildman–Crippen MR) is 92.4 cm³/mol. The van der Waals surface area contributed by atoms with E-state index in [0.717, 1.165) is 0 Å². The van der Waals surface area contributed by atoms with E-state index in [2.05, 4.69) is 5.32 Å². The second-order valence-electron chi connectivity index (χ2n) is 5.22. The monoisotopic (exact) mass is 331 g/mol. The topological polar surface area (TPSA) is 46.2 Å². The summed E-state index contributed by atoms with van der Waals surface area (Å²) in [7, 11) is 0. The lowest BCUT2D eigenvalue weighted by Gasteiger charge is -2.07. The number of aryl methyl sites for hydroxylation is 1. The molecular formula is C18H18FNO2S. The van der Waals surface area contributed by atoms with Gasteiger partial charge in [0.25, 0.3) is 0 Å². The third kappa shape index (κ3) is 4.93. The molecule has 5 heteroatoms. The first-order valence-electron chi connectivity index (χ1n) is 7.20. The van der Waals surface area contributed by atoms with Gasteiger partial charge in [0.1, 0.15) is 5.82 Å². The van der Waals surface area contributed by atoms with Crippen molar-refractivity contribution in [2.24, 2.45) is 0 Å². The number of carbonyl (C=O) groups is 2. The molecule has 3 nitrogen and oxygen atoms in total. The van der Waals surface area contributed by atoms with Crippen molar-refractivity contribution < 1.29 is 14.0 Å². The summed E-state index contributed by atoms with van der Waals surface area (Å²) in [5, 5.41) is 2.49. The van der Waals surface area contributed by atoms with Crippen molar-refractivity contribution in [3.05, 3.63) is 65.0 Å². The highest BCUT2D eigenvalue weighted by molar-refractivity contribution is 7.99. The second-order valence-corrected chi connectivity index (χ2v) is 6.20. The van der Waals surface area contributed by atoms with Gasteiger partial charge in [-0.3, -0.25) is 9.59 Å². The fourth-order valence-electron chi connectivity index (χ4n) is 2.13. The summed E-state index contributed by atoms with van der Waals surface area (Å²) >= 11 is 1.46. The molecular weight excluding hydrogens is 313 g/mol. The van der Waals surface area contributed by atoms with Gasteiger partial charge in [-0.15, -0.1) is 11.8 Å². The van der Waals surface area contributed by atoms with Crippen molar-refractivity contribution in [2.45, 2.75) is 19.6 Å². The number of rotatable bonds is 6. The molecule has 0 fully saturated rings. The lowest BCUT2D eigenvalue weighted by Crippen LogP contribution is -2.09. The molecule has 0 aliphatic heterocycles. The van der Waals surface area contributed by atoms with Crippen LogP contribution in [0.25, 0.3) is 0 Å². The highest BCUT2D eigenvalue weighted by atomic mass is 32.2. The van der Waals surface area contributed by atoms with Crippen molar-refractivity contribution >= 4 is 29.1 Å². The summed E-state index contributed by atoms with van der Waals surface area (Å²) in [6.45, 7) is 3.37. The molecule has 0 aromatic heterocycles. The number of hydrogen-bond acceptors (Lipinski definition) is 3. The van der Waals surface area contributed by atoms with Crippen LogP contribution < -0.4 is 5.32 Å². The van der Waals surface area contributed by atoms with Gasteiger partial charge in [-0.05, 0) is 36.2 Å². The van der Waals surface area contributed by atoms with Gasteiger partial charge in [0.2, 0.25) is 5.91 Å². The van der Waals surface area contributed by atoms with Gasteiger partial charge in [-0.1, -0.05) is 24.3 Å². The summed E-state index contributed by atoms with van der Waals surface area (Å²) in [5.41, 5.74) is 2.75. The molecule has 0 saturated heterocycles. The Hall–Kier alpha value is -2.14. The minimum atomic E-state index is -0.613. The zero-order valence-corrected chi connectivity index (χ0v) is 13.9. The Bertz CT molecular complexity index is 731. The number of hydrogen-bond donors (Lipinski definition) is 1. The number of benzene rings is 2. The molecule has 23 heavy (non-hydrogen) atoms. The Balaban J connectivity index is 1.95. The van der Waals surface area contributed by atoms with Gasteiger partial charge in [0.05, 0.1) is 11.3 Å². The second kappa shape index (κ2) is 7.92. The number of nitrogens with one attached hydrogen (secondary N) is 1. The minimum Gasteiger partial charge on any atom is -0.326 e. The normalized spacial score (nSPS) is 10.4. The van der Waals surface area contributed by atoms with Crippen molar-refractivity contribution in [1.29, 1.82) is 0 Å². The summed E-state index contributed by atoms with van der Waals surface area (Å²) in [6.07, 6.45) is 0. The lowest BCUT2D eigenvalue weighted by molar-refractivity contribution is -0.114. The highest BCUT2D eigenvalue weighted by Gasteiger charge is 2.13. The first kappa shape index (κ1) is 17.2. The van der Waals surface area contributed by atoms with Crippen LogP contribution in [-0.4, -0.2) is 17.4 Å². The number of ketones is 1. The molecule has 0 radical (unpaired) electrons. The average molecular weight is 331 g/mol. The lowest BCUT2D eigenvalue weighted by atomic mass is 10.1. The molecule has 1 amide bonds. The first-order chi connectivity index (χ1) is 11.0. The van der Waals surface area contributed by atoms with Gasteiger partial charge in [-0.25, -0.2) is 4.39 Å². The Labute approximate surface area is 139 Å². The summed E-state index contributed by atoms with van der Waals surface area (Å²) in [4.78, 5) is 23.1. The summed E-state index contributed by atoms with van der Waals surface area (Å²) < 4.78 is 14.0. The van der Waals surface area contributed by atoms with E-state index in [9.17, 15) is 14.0 Å². The molecule has 2 rings (SSSR count). The van der Waals surface area contributed by atoms with Crippen LogP contribution >= 0.6 is 11.8 Å². The molecule has 0 bridgehead atoms. The third-order valence-electron chi connectivity index (χ3n) is 3.34. The molecule has 0 aliphatic carbocycles. The average Bonchev–Trinajstić information content (AvgIpc) is 2.48. The summed E-state index contributed by atoms with van der Waals surface area (Å²) in [6, 6.07) is 12.1. The zero-order chi connectivity index (χ0) is 16.8. The maximum atomic E-state index is 14.0. The Morgan fingerprint density at radius 1 is 1.17 bits per heavy atom. The van der Waals surface area contributed by atoms with E-state index < -0.39 is 5.82 Å². The predicted octanol–water partition coefficient (Wildman–Crippen LogP) is 4.21. The SMILES string of the molecule is CC(=O)Nc1ccc(C(=O)CSCc2ccccc2C)c(F)c1. The number of amides is 1. The highest BCUT2D eigenvalue weighted by Crippen LogP contribution is 2.20. The molecule has 2 aromatic carbocycles. The zero-order valence-electron chi connectivity index (χ0n) is 13.1. The van der Waals surface area contributed by atoms with Crippen LogP contribution in [0.2, 0.25) is 0 Å². The Morgan fingerprint density at radius 2 is 1.91 bits per heavy atom. The Morgan fingerprint density at radius 3 is 2.57 bits per heavy atom. The van der Waals surface area contributed by atoms with Crippen LogP contribution in [0.1, 0.15) is 28.4 Å². The number of anilines is 1. The minimum absolute atomic E-state index is 0.0522. The van der Waals surface area contributed by atoms with E-state index >= 15 is 0 Å². The van der Waals surface area contributed by atoms with E-state index in [1.165, 1.54) is 48.0 Å². The molecule has 1 N–H and O–H groups in total. The van der Waals surface area contributed by atoms with E-state index in [4.69, 9.17) is 0 Å². The van der Waals surface area contributed by atoms with Gasteiger partial charge in [0, 0.05) is 18.4 Å². The quantitative estimate of drug-likeness (QED) is 0.807. The van der Waals surface area contributed by atoms with Crippen LogP contribution in [-0.2, 0) is 10.5 Å². The molecule has 0 spiro atoms. The smallest absolute Gasteiger partial charge is 0.221 e. The van der Waals surface area contributed by atoms with Crippen molar-refractivity contribution in [3.8, 4) is 0 Å². The van der Waals surface area contributed by atoms with Crippen molar-refractivity contribution in [1.82, 2.24) is 0 Å². The maximum Gasteiger partial charge on any atom is 0.221 e. The van der Waals surface area contributed by atoms with Crippen LogP contribution in [0.4, 0.5) is 10.1 Å². The van der Waals surface area contributed by atoms with Gasteiger partial charge < -0.3 is 5.32 Å². The number of thioether (sulfide) groups is 1. The van der Waals surface area contributed by atoms with Crippen LogP contribution in [0.15, 0.2) is 42.5 Å². The van der Waals surface area contributed by atoms with E-state index in [1.54, 1.807) is 0 Å². The third-order valence-corrected chi connectivity index (χ3v) is 4.32. The largest absolute Gasteiger partial charge is 0.326 e. The van der Waals surface area contributed by atoms with Gasteiger partial charge >= 0.3 is 0 Å². The van der Waals surface area contributed by atoms with Crippen LogP contribution in [0.3, 0.4) is 0 Å². The van der Waals surface area contributed by atoms with Crippen LogP contribution in [0.5, 0.6) is 0 Å². The molecule has 0 aliphatic rings. The standard InChI is InChI=1S/C18H18FNO2S/c1-12-5-3-4-6-14(12)10-23-11-18(22)16-8-7-15(9-17(16)19)20-13(2)21/h3-9H,10-11H2,1-2H3,(H,20,21).